The third kappa shape index (κ3) is 4.59. The molecule has 1 atom stereocenters. The molecule has 6 nitrogen and oxygen atoms in total. The third-order valence-corrected chi connectivity index (χ3v) is 3.70. The van der Waals surface area contributed by atoms with E-state index in [1.54, 1.807) is 6.92 Å². The largest absolute Gasteiger partial charge is 0.454 e. The number of carbonyl (C=O) groups excluding carboxylic acids is 1. The van der Waals surface area contributed by atoms with E-state index in [1.807, 2.05) is 39.0 Å². The molecule has 0 aliphatic carbocycles. The van der Waals surface area contributed by atoms with Crippen LogP contribution in [0.4, 0.5) is 0 Å². The molecule has 1 aliphatic rings. The molecule has 0 saturated heterocycles. The molecule has 128 valence electrons. The molecule has 1 aliphatic heterocycles. The molecule has 1 amide bonds. The second-order valence-corrected chi connectivity index (χ2v) is 5.89. The topological polar surface area (TPSA) is 66.0 Å². The van der Waals surface area contributed by atoms with Gasteiger partial charge in [-0.15, -0.1) is 0 Å². The Balaban J connectivity index is 1.93. The summed E-state index contributed by atoms with van der Waals surface area (Å²) in [6, 6.07) is 5.67. The number of nitrogens with one attached hydrogen (secondary N) is 1. The molecule has 23 heavy (non-hydrogen) atoms. The average molecular weight is 323 g/mol. The first-order valence-electron chi connectivity index (χ1n) is 7.85. The highest BCUT2D eigenvalue weighted by atomic mass is 16.7. The summed E-state index contributed by atoms with van der Waals surface area (Å²) in [5.74, 6) is 1.26. The molecule has 0 bridgehead atoms. The van der Waals surface area contributed by atoms with E-state index in [2.05, 4.69) is 5.32 Å². The molecule has 0 radical (unpaired) electrons. The summed E-state index contributed by atoms with van der Waals surface area (Å²) >= 11 is 0. The predicted octanol–water partition coefficient (Wildman–Crippen LogP) is 2.21. The van der Waals surface area contributed by atoms with Gasteiger partial charge in [-0.3, -0.25) is 4.79 Å². The summed E-state index contributed by atoms with van der Waals surface area (Å²) in [7, 11) is 0. The van der Waals surface area contributed by atoms with Crippen molar-refractivity contribution in [3.05, 3.63) is 23.8 Å². The lowest BCUT2D eigenvalue weighted by molar-refractivity contribution is -0.134. The van der Waals surface area contributed by atoms with E-state index >= 15 is 0 Å². The van der Waals surface area contributed by atoms with Crippen molar-refractivity contribution in [2.75, 3.05) is 26.6 Å². The van der Waals surface area contributed by atoms with Crippen LogP contribution in [0.3, 0.4) is 0 Å². The summed E-state index contributed by atoms with van der Waals surface area (Å²) in [6.45, 7) is 9.29. The van der Waals surface area contributed by atoms with Gasteiger partial charge >= 0.3 is 0 Å². The van der Waals surface area contributed by atoms with Crippen molar-refractivity contribution in [2.45, 2.75) is 39.3 Å². The molecule has 0 spiro atoms. The van der Waals surface area contributed by atoms with Crippen LogP contribution in [0.5, 0.6) is 11.5 Å². The van der Waals surface area contributed by atoms with E-state index in [9.17, 15) is 4.79 Å². The molecule has 1 heterocycles. The van der Waals surface area contributed by atoms with Crippen molar-refractivity contribution in [1.29, 1.82) is 0 Å². The fourth-order valence-electron chi connectivity index (χ4n) is 2.27. The molecule has 0 fully saturated rings. The van der Waals surface area contributed by atoms with Gasteiger partial charge in [-0.05, 0) is 45.4 Å². The van der Waals surface area contributed by atoms with Crippen molar-refractivity contribution in [3.8, 4) is 11.5 Å². The Labute approximate surface area is 137 Å². The van der Waals surface area contributed by atoms with Gasteiger partial charge in [0.25, 0.3) is 0 Å². The molecule has 1 aromatic rings. The SMILES string of the molecule is CCOCCO[C@@H](C)C(=O)NC(C)(C)c1ccc2c(c1)OCO2. The van der Waals surface area contributed by atoms with Crippen molar-refractivity contribution in [1.82, 2.24) is 5.32 Å². The summed E-state index contributed by atoms with van der Waals surface area (Å²) < 4.78 is 21.4. The Bertz CT molecular complexity index is 544. The van der Waals surface area contributed by atoms with Crippen molar-refractivity contribution < 1.29 is 23.7 Å². The van der Waals surface area contributed by atoms with Gasteiger partial charge in [0.2, 0.25) is 12.7 Å². The van der Waals surface area contributed by atoms with Gasteiger partial charge in [-0.25, -0.2) is 0 Å². The smallest absolute Gasteiger partial charge is 0.249 e. The molecule has 0 aromatic heterocycles. The number of ether oxygens (including phenoxy) is 4. The van der Waals surface area contributed by atoms with E-state index in [-0.39, 0.29) is 12.7 Å². The molecule has 0 saturated carbocycles. The number of amides is 1. The number of fused-ring (bicyclic) bond motifs is 1. The summed E-state index contributed by atoms with van der Waals surface area (Å²) in [4.78, 5) is 12.3. The minimum atomic E-state index is -0.546. The number of hydrogen-bond acceptors (Lipinski definition) is 5. The lowest BCUT2D eigenvalue weighted by Crippen LogP contribution is -2.46. The number of rotatable bonds is 8. The Morgan fingerprint density at radius 2 is 2.04 bits per heavy atom. The first-order chi connectivity index (χ1) is 10.9. The van der Waals surface area contributed by atoms with Crippen LogP contribution in [0.15, 0.2) is 18.2 Å². The molecule has 2 rings (SSSR count). The predicted molar refractivity (Wildman–Crippen MR) is 85.6 cm³/mol. The third-order valence-electron chi connectivity index (χ3n) is 3.70. The van der Waals surface area contributed by atoms with Gasteiger partial charge in [-0.1, -0.05) is 6.07 Å². The van der Waals surface area contributed by atoms with Gasteiger partial charge in [0.15, 0.2) is 11.5 Å². The highest BCUT2D eigenvalue weighted by molar-refractivity contribution is 5.81. The van der Waals surface area contributed by atoms with Gasteiger partial charge in [0, 0.05) is 6.61 Å². The first kappa shape index (κ1) is 17.6. The lowest BCUT2D eigenvalue weighted by atomic mass is 9.93. The fourth-order valence-corrected chi connectivity index (χ4v) is 2.27. The van der Waals surface area contributed by atoms with Crippen LogP contribution < -0.4 is 14.8 Å². The van der Waals surface area contributed by atoms with Crippen LogP contribution in [0, 0.1) is 0 Å². The number of hydrogen-bond donors (Lipinski definition) is 1. The minimum Gasteiger partial charge on any atom is -0.454 e. The van der Waals surface area contributed by atoms with Crippen LogP contribution in [0.25, 0.3) is 0 Å². The van der Waals surface area contributed by atoms with Crippen LogP contribution >= 0.6 is 0 Å². The van der Waals surface area contributed by atoms with Gasteiger partial charge in [0.1, 0.15) is 6.10 Å². The molecule has 0 unspecified atom stereocenters. The Morgan fingerprint density at radius 1 is 1.30 bits per heavy atom. The van der Waals surface area contributed by atoms with Crippen LogP contribution in [-0.2, 0) is 19.8 Å². The van der Waals surface area contributed by atoms with Crippen LogP contribution in [0.2, 0.25) is 0 Å². The van der Waals surface area contributed by atoms with Crippen molar-refractivity contribution >= 4 is 5.91 Å². The first-order valence-corrected chi connectivity index (χ1v) is 7.85. The van der Waals surface area contributed by atoms with Crippen molar-refractivity contribution in [2.24, 2.45) is 0 Å². The van der Waals surface area contributed by atoms with Gasteiger partial charge in [0.05, 0.1) is 18.8 Å². The van der Waals surface area contributed by atoms with Gasteiger partial charge < -0.3 is 24.3 Å². The molecular weight excluding hydrogens is 298 g/mol. The standard InChI is InChI=1S/C17H25NO5/c1-5-20-8-9-21-12(2)16(19)18-17(3,4)13-6-7-14-15(10-13)23-11-22-14/h6-7,10,12H,5,8-9,11H2,1-4H3,(H,18,19)/t12-/m0/s1. The summed E-state index contributed by atoms with van der Waals surface area (Å²) in [6.07, 6.45) is -0.538. The summed E-state index contributed by atoms with van der Waals surface area (Å²) in [5.41, 5.74) is 0.395. The van der Waals surface area contributed by atoms with Crippen LogP contribution in [0.1, 0.15) is 33.3 Å². The van der Waals surface area contributed by atoms with E-state index in [0.29, 0.717) is 25.6 Å². The Kier molecular flexibility index (Phi) is 5.85. The molecular formula is C17H25NO5. The molecule has 1 aromatic carbocycles. The van der Waals surface area contributed by atoms with E-state index in [4.69, 9.17) is 18.9 Å². The zero-order valence-corrected chi connectivity index (χ0v) is 14.2. The second kappa shape index (κ2) is 7.66. The Hall–Kier alpha value is -1.79. The maximum Gasteiger partial charge on any atom is 0.249 e. The zero-order chi connectivity index (χ0) is 16.9. The fraction of sp³-hybridized carbons (Fsp3) is 0.588. The normalized spacial score (nSPS) is 14.6. The maximum atomic E-state index is 12.3. The number of carbonyl (C=O) groups is 1. The summed E-state index contributed by atoms with van der Waals surface area (Å²) in [5, 5.41) is 3.00. The van der Waals surface area contributed by atoms with E-state index < -0.39 is 11.6 Å². The van der Waals surface area contributed by atoms with E-state index in [1.165, 1.54) is 0 Å². The second-order valence-electron chi connectivity index (χ2n) is 5.89. The van der Waals surface area contributed by atoms with Crippen molar-refractivity contribution in [3.63, 3.8) is 0 Å². The highest BCUT2D eigenvalue weighted by Gasteiger charge is 2.27. The van der Waals surface area contributed by atoms with E-state index in [0.717, 1.165) is 11.3 Å². The van der Waals surface area contributed by atoms with Crippen LogP contribution in [-0.4, -0.2) is 38.6 Å². The maximum absolute atomic E-state index is 12.3. The molecule has 1 N–H and O–H groups in total. The van der Waals surface area contributed by atoms with Gasteiger partial charge in [-0.2, -0.15) is 0 Å². The quantitative estimate of drug-likeness (QED) is 0.743. The average Bonchev–Trinajstić information content (AvgIpc) is 2.98. The molecule has 6 heteroatoms. The lowest BCUT2D eigenvalue weighted by Gasteiger charge is -2.28. The monoisotopic (exact) mass is 323 g/mol. The Morgan fingerprint density at radius 3 is 2.78 bits per heavy atom. The highest BCUT2D eigenvalue weighted by Crippen LogP contribution is 2.35. The number of benzene rings is 1. The minimum absolute atomic E-state index is 0.163. The zero-order valence-electron chi connectivity index (χ0n) is 14.2.